The Morgan fingerprint density at radius 1 is 1.25 bits per heavy atom. The van der Waals surface area contributed by atoms with E-state index in [2.05, 4.69) is 39.5 Å². The number of piperazine rings is 1. The lowest BCUT2D eigenvalue weighted by atomic mass is 10.1. The lowest BCUT2D eigenvalue weighted by Crippen LogP contribution is -2.55. The number of nitrogens with one attached hydrogen (secondary N) is 2. The Labute approximate surface area is 186 Å². The number of hydrogen-bond acceptors (Lipinski definition) is 5. The first-order valence-corrected chi connectivity index (χ1v) is 11.3. The molecule has 1 aliphatic rings. The van der Waals surface area contributed by atoms with E-state index in [-0.39, 0.29) is 24.0 Å². The van der Waals surface area contributed by atoms with Crippen LogP contribution < -0.4 is 10.6 Å². The molecule has 1 aliphatic heterocycles. The summed E-state index contributed by atoms with van der Waals surface area (Å²) in [4.78, 5) is 9.77. The quantitative estimate of drug-likeness (QED) is 0.333. The van der Waals surface area contributed by atoms with Gasteiger partial charge in [-0.25, -0.2) is 13.4 Å². The molecule has 1 fully saturated rings. The fraction of sp³-hybridized carbons (Fsp3) is 0.632. The van der Waals surface area contributed by atoms with Gasteiger partial charge in [0, 0.05) is 45.0 Å². The van der Waals surface area contributed by atoms with Gasteiger partial charge < -0.3 is 15.5 Å². The number of rotatable bonds is 6. The Morgan fingerprint density at radius 2 is 1.96 bits per heavy atom. The van der Waals surface area contributed by atoms with Gasteiger partial charge in [-0.15, -0.1) is 24.0 Å². The Hall–Kier alpha value is -0.910. The zero-order valence-corrected chi connectivity index (χ0v) is 20.7. The molecule has 0 saturated carbocycles. The van der Waals surface area contributed by atoms with Crippen LogP contribution in [0, 0.1) is 6.92 Å². The molecule has 2 N–H and O–H groups in total. The zero-order valence-electron chi connectivity index (χ0n) is 17.5. The van der Waals surface area contributed by atoms with Crippen LogP contribution >= 0.6 is 24.0 Å². The van der Waals surface area contributed by atoms with Gasteiger partial charge in [-0.2, -0.15) is 0 Å². The Kier molecular flexibility index (Phi) is 10.2. The van der Waals surface area contributed by atoms with Crippen LogP contribution in [0.3, 0.4) is 0 Å². The zero-order chi connectivity index (χ0) is 20.0. The van der Waals surface area contributed by atoms with Crippen molar-refractivity contribution in [3.8, 4) is 0 Å². The van der Waals surface area contributed by atoms with Crippen molar-refractivity contribution in [3.63, 3.8) is 0 Å². The van der Waals surface area contributed by atoms with Crippen LogP contribution in [-0.4, -0.2) is 83.3 Å². The van der Waals surface area contributed by atoms with Crippen LogP contribution in [-0.2, 0) is 16.4 Å². The number of sulfone groups is 1. The average molecular weight is 523 g/mol. The molecule has 1 heterocycles. The van der Waals surface area contributed by atoms with Crippen molar-refractivity contribution in [2.75, 3.05) is 53.1 Å². The highest BCUT2D eigenvalue weighted by Crippen LogP contribution is 2.17. The van der Waals surface area contributed by atoms with E-state index in [0.29, 0.717) is 17.5 Å². The van der Waals surface area contributed by atoms with Gasteiger partial charge in [0.25, 0.3) is 0 Å². The SMILES string of the molecule is CCNC(=NCc1ccc(S(C)(=O)=O)c(C)c1)NCC1CN(C)CCN1C.I. The number of aryl methyl sites for hydroxylation is 1. The molecule has 1 unspecified atom stereocenters. The van der Waals surface area contributed by atoms with Gasteiger partial charge in [0.15, 0.2) is 15.8 Å². The van der Waals surface area contributed by atoms with Crippen molar-refractivity contribution in [2.45, 2.75) is 31.3 Å². The molecule has 0 aliphatic carbocycles. The van der Waals surface area contributed by atoms with E-state index in [9.17, 15) is 8.42 Å². The fourth-order valence-electron chi connectivity index (χ4n) is 3.27. The monoisotopic (exact) mass is 523 g/mol. The molecule has 2 rings (SSSR count). The van der Waals surface area contributed by atoms with E-state index in [1.54, 1.807) is 6.07 Å². The van der Waals surface area contributed by atoms with Gasteiger partial charge in [0.2, 0.25) is 0 Å². The van der Waals surface area contributed by atoms with Gasteiger partial charge in [0.05, 0.1) is 11.4 Å². The number of nitrogens with zero attached hydrogens (tertiary/aromatic N) is 3. The third-order valence-electron chi connectivity index (χ3n) is 4.89. The molecule has 28 heavy (non-hydrogen) atoms. The Balaban J connectivity index is 0.00000392. The van der Waals surface area contributed by atoms with E-state index >= 15 is 0 Å². The van der Waals surface area contributed by atoms with E-state index in [4.69, 9.17) is 0 Å². The largest absolute Gasteiger partial charge is 0.357 e. The molecule has 7 nitrogen and oxygen atoms in total. The third kappa shape index (κ3) is 7.49. The number of guanidine groups is 1. The first-order valence-electron chi connectivity index (χ1n) is 9.41. The van der Waals surface area contributed by atoms with Crippen LogP contribution in [0.2, 0.25) is 0 Å². The maximum absolute atomic E-state index is 11.7. The summed E-state index contributed by atoms with van der Waals surface area (Å²) in [6.07, 6.45) is 1.24. The molecule has 0 radical (unpaired) electrons. The summed E-state index contributed by atoms with van der Waals surface area (Å²) in [5.41, 5.74) is 1.75. The molecule has 0 bridgehead atoms. The number of aliphatic imine (C=N–C) groups is 1. The molecule has 160 valence electrons. The van der Waals surface area contributed by atoms with Crippen LogP contribution in [0.15, 0.2) is 28.1 Å². The molecular formula is C19H34IN5O2S. The minimum absolute atomic E-state index is 0. The summed E-state index contributed by atoms with van der Waals surface area (Å²) in [6, 6.07) is 5.85. The second kappa shape index (κ2) is 11.3. The fourth-order valence-corrected chi connectivity index (χ4v) is 4.23. The van der Waals surface area contributed by atoms with Crippen molar-refractivity contribution in [1.82, 2.24) is 20.4 Å². The van der Waals surface area contributed by atoms with Crippen molar-refractivity contribution >= 4 is 39.8 Å². The minimum Gasteiger partial charge on any atom is -0.357 e. The molecule has 1 atom stereocenters. The first-order chi connectivity index (χ1) is 12.7. The van der Waals surface area contributed by atoms with Crippen molar-refractivity contribution in [3.05, 3.63) is 29.3 Å². The Morgan fingerprint density at radius 3 is 2.57 bits per heavy atom. The molecular weight excluding hydrogens is 489 g/mol. The molecule has 1 aromatic rings. The van der Waals surface area contributed by atoms with Crippen molar-refractivity contribution < 1.29 is 8.42 Å². The topological polar surface area (TPSA) is 77.0 Å². The summed E-state index contributed by atoms with van der Waals surface area (Å²) in [5.74, 6) is 0.781. The van der Waals surface area contributed by atoms with E-state index in [1.165, 1.54) is 6.26 Å². The number of halogens is 1. The van der Waals surface area contributed by atoms with Gasteiger partial charge in [-0.05, 0) is 45.1 Å². The molecule has 0 amide bonds. The summed E-state index contributed by atoms with van der Waals surface area (Å²) >= 11 is 0. The van der Waals surface area contributed by atoms with Crippen LogP contribution in [0.25, 0.3) is 0 Å². The predicted octanol–water partition coefficient (Wildman–Crippen LogP) is 1.32. The van der Waals surface area contributed by atoms with Gasteiger partial charge >= 0.3 is 0 Å². The van der Waals surface area contributed by atoms with E-state index < -0.39 is 9.84 Å². The number of hydrogen-bond donors (Lipinski definition) is 2. The van der Waals surface area contributed by atoms with Gasteiger partial charge in [0.1, 0.15) is 0 Å². The van der Waals surface area contributed by atoms with Crippen molar-refractivity contribution in [1.29, 1.82) is 0 Å². The third-order valence-corrected chi connectivity index (χ3v) is 6.15. The number of benzene rings is 1. The smallest absolute Gasteiger partial charge is 0.191 e. The highest BCUT2D eigenvalue weighted by Gasteiger charge is 2.22. The van der Waals surface area contributed by atoms with Crippen LogP contribution in [0.5, 0.6) is 0 Å². The highest BCUT2D eigenvalue weighted by atomic mass is 127. The lowest BCUT2D eigenvalue weighted by molar-refractivity contribution is 0.116. The lowest BCUT2D eigenvalue weighted by Gasteiger charge is -2.37. The molecule has 1 aromatic carbocycles. The second-order valence-corrected chi connectivity index (χ2v) is 9.33. The summed E-state index contributed by atoms with van der Waals surface area (Å²) in [7, 11) is 1.13. The standard InChI is InChI=1S/C19H33N5O2S.HI/c1-6-20-19(22-13-17-14-23(3)9-10-24(17)4)21-12-16-7-8-18(15(2)11-16)27(5,25)26;/h7-8,11,17H,6,9-10,12-14H2,1-5H3,(H2,20,21,22);1H. The van der Waals surface area contributed by atoms with Crippen molar-refractivity contribution in [2.24, 2.45) is 4.99 Å². The summed E-state index contributed by atoms with van der Waals surface area (Å²) in [5, 5.41) is 6.72. The summed E-state index contributed by atoms with van der Waals surface area (Å²) in [6.45, 7) is 9.20. The van der Waals surface area contributed by atoms with Gasteiger partial charge in [-0.3, -0.25) is 4.90 Å². The van der Waals surface area contributed by atoms with Crippen LogP contribution in [0.4, 0.5) is 0 Å². The predicted molar refractivity (Wildman–Crippen MR) is 126 cm³/mol. The first kappa shape index (κ1) is 25.1. The second-order valence-electron chi connectivity index (χ2n) is 7.34. The maximum atomic E-state index is 11.7. The Bertz CT molecular complexity index is 770. The maximum Gasteiger partial charge on any atom is 0.191 e. The molecule has 0 spiro atoms. The van der Waals surface area contributed by atoms with E-state index in [0.717, 1.165) is 49.8 Å². The molecule has 0 aromatic heterocycles. The normalized spacial score (nSPS) is 19.2. The van der Waals surface area contributed by atoms with Crippen LogP contribution in [0.1, 0.15) is 18.1 Å². The molecule has 9 heteroatoms. The number of likely N-dealkylation sites (N-methyl/N-ethyl adjacent to an activating group) is 2. The van der Waals surface area contributed by atoms with Gasteiger partial charge in [-0.1, -0.05) is 12.1 Å². The summed E-state index contributed by atoms with van der Waals surface area (Å²) < 4.78 is 23.5. The highest BCUT2D eigenvalue weighted by molar-refractivity contribution is 14.0. The molecule has 1 saturated heterocycles. The average Bonchev–Trinajstić information content (AvgIpc) is 2.59. The van der Waals surface area contributed by atoms with E-state index in [1.807, 2.05) is 26.0 Å². The minimum atomic E-state index is -3.19.